The number of benzene rings is 2. The Morgan fingerprint density at radius 3 is 2.50 bits per heavy atom. The van der Waals surface area contributed by atoms with Gasteiger partial charge in [-0.15, -0.1) is 0 Å². The number of nitrogens with one attached hydrogen (secondary N) is 1. The molecule has 26 heavy (non-hydrogen) atoms. The number of thiocarbonyl (C=S) groups is 1. The Kier molecular flexibility index (Phi) is 5.15. The van der Waals surface area contributed by atoms with Crippen LogP contribution in [0.15, 0.2) is 42.5 Å². The highest BCUT2D eigenvalue weighted by molar-refractivity contribution is 7.80. The fourth-order valence-corrected chi connectivity index (χ4v) is 3.57. The smallest absolute Gasteiger partial charge is 0.231 e. The van der Waals surface area contributed by atoms with E-state index in [2.05, 4.69) is 27.2 Å². The summed E-state index contributed by atoms with van der Waals surface area (Å²) in [5.74, 6) is 1.67. The second-order valence-corrected chi connectivity index (χ2v) is 7.21. The van der Waals surface area contributed by atoms with Gasteiger partial charge in [0.05, 0.1) is 0 Å². The van der Waals surface area contributed by atoms with Crippen molar-refractivity contribution in [1.82, 2.24) is 9.80 Å². The second kappa shape index (κ2) is 7.70. The average molecular weight is 390 g/mol. The summed E-state index contributed by atoms with van der Waals surface area (Å²) in [7, 11) is 0. The molecule has 4 rings (SSSR count). The van der Waals surface area contributed by atoms with Gasteiger partial charge in [-0.05, 0) is 54.2 Å². The van der Waals surface area contributed by atoms with E-state index in [0.29, 0.717) is 6.79 Å². The van der Waals surface area contributed by atoms with Crippen molar-refractivity contribution in [2.45, 2.75) is 6.54 Å². The lowest BCUT2D eigenvalue weighted by Gasteiger charge is -2.36. The maximum atomic E-state index is 5.92. The number of rotatable bonds is 3. The van der Waals surface area contributed by atoms with Crippen LogP contribution in [0.5, 0.6) is 11.5 Å². The molecule has 0 atom stereocenters. The van der Waals surface area contributed by atoms with E-state index >= 15 is 0 Å². The van der Waals surface area contributed by atoms with Gasteiger partial charge in [-0.1, -0.05) is 17.7 Å². The highest BCUT2D eigenvalue weighted by Crippen LogP contribution is 2.32. The lowest BCUT2D eigenvalue weighted by atomic mass is 10.1. The minimum Gasteiger partial charge on any atom is -0.454 e. The zero-order chi connectivity index (χ0) is 17.9. The number of hydrogen-bond donors (Lipinski definition) is 1. The number of piperazine rings is 1. The molecule has 0 bridgehead atoms. The Morgan fingerprint density at radius 1 is 1.00 bits per heavy atom. The van der Waals surface area contributed by atoms with E-state index in [-0.39, 0.29) is 0 Å². The molecule has 0 unspecified atom stereocenters. The lowest BCUT2D eigenvalue weighted by Crippen LogP contribution is -2.49. The molecule has 5 nitrogen and oxygen atoms in total. The summed E-state index contributed by atoms with van der Waals surface area (Å²) in [4.78, 5) is 4.64. The molecule has 7 heteroatoms. The number of ether oxygens (including phenoxy) is 2. The second-order valence-electron chi connectivity index (χ2n) is 6.39. The number of nitrogens with zero attached hydrogens (tertiary/aromatic N) is 2. The van der Waals surface area contributed by atoms with Crippen LogP contribution in [0.4, 0.5) is 5.69 Å². The Bertz CT molecular complexity index is 792. The molecule has 2 aromatic rings. The van der Waals surface area contributed by atoms with Gasteiger partial charge in [-0.2, -0.15) is 0 Å². The molecule has 0 aromatic heterocycles. The molecular formula is C19H20ClN3O2S. The zero-order valence-corrected chi connectivity index (χ0v) is 15.9. The van der Waals surface area contributed by atoms with E-state index in [1.165, 1.54) is 5.56 Å². The maximum Gasteiger partial charge on any atom is 0.231 e. The zero-order valence-electron chi connectivity index (χ0n) is 14.3. The van der Waals surface area contributed by atoms with E-state index in [4.69, 9.17) is 33.3 Å². The van der Waals surface area contributed by atoms with Crippen molar-refractivity contribution in [2.24, 2.45) is 0 Å². The van der Waals surface area contributed by atoms with Crippen LogP contribution >= 0.6 is 23.8 Å². The molecule has 2 aliphatic rings. The topological polar surface area (TPSA) is 37.0 Å². The molecule has 2 aromatic carbocycles. The van der Waals surface area contributed by atoms with Crippen molar-refractivity contribution in [3.63, 3.8) is 0 Å². The molecule has 2 aliphatic heterocycles. The lowest BCUT2D eigenvalue weighted by molar-refractivity contribution is 0.173. The van der Waals surface area contributed by atoms with Crippen molar-refractivity contribution >= 4 is 34.6 Å². The van der Waals surface area contributed by atoms with Gasteiger partial charge in [0.1, 0.15) is 0 Å². The molecule has 0 aliphatic carbocycles. The molecule has 0 spiro atoms. The van der Waals surface area contributed by atoms with E-state index < -0.39 is 0 Å². The largest absolute Gasteiger partial charge is 0.454 e. The van der Waals surface area contributed by atoms with Gasteiger partial charge < -0.3 is 19.7 Å². The van der Waals surface area contributed by atoms with Crippen LogP contribution < -0.4 is 14.8 Å². The van der Waals surface area contributed by atoms with Crippen LogP contribution in [0.1, 0.15) is 5.56 Å². The van der Waals surface area contributed by atoms with Crippen molar-refractivity contribution in [1.29, 1.82) is 0 Å². The molecule has 1 fully saturated rings. The van der Waals surface area contributed by atoms with Crippen LogP contribution in [0.25, 0.3) is 0 Å². The van der Waals surface area contributed by atoms with Crippen LogP contribution in [-0.4, -0.2) is 47.9 Å². The minimum atomic E-state index is 0.315. The van der Waals surface area contributed by atoms with Crippen LogP contribution in [0.3, 0.4) is 0 Å². The van der Waals surface area contributed by atoms with Gasteiger partial charge in [0.25, 0.3) is 0 Å². The number of fused-ring (bicyclic) bond motifs is 1. The molecule has 0 saturated carbocycles. The first-order valence-electron chi connectivity index (χ1n) is 8.60. The predicted molar refractivity (Wildman–Crippen MR) is 107 cm³/mol. The third kappa shape index (κ3) is 4.03. The Hall–Kier alpha value is -2.02. The molecular weight excluding hydrogens is 370 g/mol. The third-order valence-corrected chi connectivity index (χ3v) is 5.21. The quantitative estimate of drug-likeness (QED) is 0.809. The van der Waals surface area contributed by atoms with Gasteiger partial charge in [0, 0.05) is 43.4 Å². The van der Waals surface area contributed by atoms with Crippen molar-refractivity contribution in [2.75, 3.05) is 38.3 Å². The molecule has 0 radical (unpaired) electrons. The summed E-state index contributed by atoms with van der Waals surface area (Å²) >= 11 is 11.5. The van der Waals surface area contributed by atoms with Gasteiger partial charge in [-0.25, -0.2) is 0 Å². The molecule has 0 amide bonds. The third-order valence-electron chi connectivity index (χ3n) is 4.60. The van der Waals surface area contributed by atoms with Crippen molar-refractivity contribution in [3.8, 4) is 11.5 Å². The highest BCUT2D eigenvalue weighted by Gasteiger charge is 2.20. The summed E-state index contributed by atoms with van der Waals surface area (Å²) in [6, 6.07) is 13.7. The predicted octanol–water partition coefficient (Wildman–Crippen LogP) is 3.58. The van der Waals surface area contributed by atoms with Gasteiger partial charge in [0.15, 0.2) is 16.6 Å². The molecule has 2 heterocycles. The molecule has 1 saturated heterocycles. The summed E-state index contributed by atoms with van der Waals surface area (Å²) in [5.41, 5.74) is 2.20. The van der Waals surface area contributed by atoms with E-state index in [1.54, 1.807) is 0 Å². The van der Waals surface area contributed by atoms with Crippen LogP contribution in [0, 0.1) is 0 Å². The summed E-state index contributed by atoms with van der Waals surface area (Å²) < 4.78 is 10.8. The van der Waals surface area contributed by atoms with E-state index in [1.807, 2.05) is 30.3 Å². The van der Waals surface area contributed by atoms with Crippen LogP contribution in [-0.2, 0) is 6.54 Å². The summed E-state index contributed by atoms with van der Waals surface area (Å²) in [6.45, 7) is 4.97. The van der Waals surface area contributed by atoms with Gasteiger partial charge >= 0.3 is 0 Å². The normalized spacial score (nSPS) is 16.6. The fraction of sp³-hybridized carbons (Fsp3) is 0.316. The highest BCUT2D eigenvalue weighted by atomic mass is 35.5. The number of halogens is 1. The summed E-state index contributed by atoms with van der Waals surface area (Å²) in [6.07, 6.45) is 0. The van der Waals surface area contributed by atoms with Crippen LogP contribution in [0.2, 0.25) is 5.02 Å². The minimum absolute atomic E-state index is 0.315. The SMILES string of the molecule is S=C(Nc1ccc(Cl)cc1)N1CCN(Cc2ccc3c(c2)OCO3)CC1. The number of hydrogen-bond acceptors (Lipinski definition) is 4. The first-order chi connectivity index (χ1) is 12.7. The number of anilines is 1. The maximum absolute atomic E-state index is 5.92. The van der Waals surface area contributed by atoms with Crippen molar-refractivity contribution in [3.05, 3.63) is 53.1 Å². The Morgan fingerprint density at radius 2 is 1.73 bits per heavy atom. The fourth-order valence-electron chi connectivity index (χ4n) is 3.14. The van der Waals surface area contributed by atoms with Crippen molar-refractivity contribution < 1.29 is 9.47 Å². The Balaban J connectivity index is 1.28. The summed E-state index contributed by atoms with van der Waals surface area (Å²) in [5, 5.41) is 4.76. The van der Waals surface area contributed by atoms with E-state index in [0.717, 1.165) is 60.0 Å². The molecule has 1 N–H and O–H groups in total. The monoisotopic (exact) mass is 389 g/mol. The first kappa shape index (κ1) is 17.4. The average Bonchev–Trinajstić information content (AvgIpc) is 3.12. The van der Waals surface area contributed by atoms with Gasteiger partial charge in [-0.3, -0.25) is 4.90 Å². The van der Waals surface area contributed by atoms with Gasteiger partial charge in [0.2, 0.25) is 6.79 Å². The Labute approximate surface area is 163 Å². The molecule has 136 valence electrons. The standard InChI is InChI=1S/C19H20ClN3O2S/c20-15-2-4-16(5-3-15)21-19(26)23-9-7-22(8-10-23)12-14-1-6-17-18(11-14)25-13-24-17/h1-6,11H,7-10,12-13H2,(H,21,26). The first-order valence-corrected chi connectivity index (χ1v) is 9.38. The van der Waals surface area contributed by atoms with E-state index in [9.17, 15) is 0 Å².